The second kappa shape index (κ2) is 4.44. The Kier molecular flexibility index (Phi) is 3.61. The molecule has 0 aromatic rings. The Bertz CT molecular complexity index is 252. The van der Waals surface area contributed by atoms with Crippen LogP contribution in [0.15, 0.2) is 0 Å². The largest absolute Gasteiger partial charge is 0.347 e. The second-order valence-corrected chi connectivity index (χ2v) is 1.84. The van der Waals surface area contributed by atoms with Crippen molar-refractivity contribution in [1.29, 1.82) is 0 Å². The molecule has 14 nitrogen and oxygen atoms in total. The standard InChI is InChI=1S/CH2N6O8/c8-4(9)2(5(10)11)1-3(6(12)13)7(14)15/h1H2. The van der Waals surface area contributed by atoms with Gasteiger partial charge in [0.1, 0.15) is 0 Å². The van der Waals surface area contributed by atoms with Crippen LogP contribution in [0, 0.1) is 40.5 Å². The highest BCUT2D eigenvalue weighted by Gasteiger charge is 2.41. The zero-order valence-electron chi connectivity index (χ0n) is 6.66. The molecule has 0 fully saturated rings. The molecule has 0 N–H and O–H groups in total. The van der Waals surface area contributed by atoms with Gasteiger partial charge in [0, 0.05) is 0 Å². The third-order valence-electron chi connectivity index (χ3n) is 1.01. The number of rotatable bonds is 6. The first-order valence-electron chi connectivity index (χ1n) is 2.89. The Balaban J connectivity index is 4.77. The van der Waals surface area contributed by atoms with E-state index in [0.29, 0.717) is 0 Å². The lowest BCUT2D eigenvalue weighted by Gasteiger charge is -2.04. The molecule has 15 heavy (non-hydrogen) atoms. The third-order valence-corrected chi connectivity index (χ3v) is 1.01. The maximum Gasteiger partial charge on any atom is 0.347 e. The highest BCUT2D eigenvalue weighted by atomic mass is 16.8. The van der Waals surface area contributed by atoms with Crippen LogP contribution in [0.2, 0.25) is 0 Å². The first kappa shape index (κ1) is 12.2. The smallest absolute Gasteiger partial charge is 0.230 e. The number of nitro groups is 4. The van der Waals surface area contributed by atoms with Crippen molar-refractivity contribution in [2.75, 3.05) is 6.67 Å². The predicted molar refractivity (Wildman–Crippen MR) is 36.5 cm³/mol. The van der Waals surface area contributed by atoms with Crippen molar-refractivity contribution < 1.29 is 20.1 Å². The molecule has 0 saturated carbocycles. The van der Waals surface area contributed by atoms with Crippen LogP contribution in [0.3, 0.4) is 0 Å². The first-order valence-corrected chi connectivity index (χ1v) is 2.89. The average Bonchev–Trinajstić information content (AvgIpc) is 2.01. The minimum atomic E-state index is -1.72. The first-order chi connectivity index (χ1) is 6.77. The van der Waals surface area contributed by atoms with Gasteiger partial charge in [-0.1, -0.05) is 0 Å². The van der Waals surface area contributed by atoms with Gasteiger partial charge < -0.3 is 0 Å². The van der Waals surface area contributed by atoms with Crippen molar-refractivity contribution >= 4 is 0 Å². The summed E-state index contributed by atoms with van der Waals surface area (Å²) in [7, 11) is 0. The molecule has 0 rings (SSSR count). The monoisotopic (exact) mass is 226 g/mol. The van der Waals surface area contributed by atoms with Crippen LogP contribution < -0.4 is 0 Å². The summed E-state index contributed by atoms with van der Waals surface area (Å²) in [4.78, 5) is 39.8. The van der Waals surface area contributed by atoms with Crippen LogP contribution in [-0.2, 0) is 0 Å². The molecule has 0 aliphatic rings. The van der Waals surface area contributed by atoms with Gasteiger partial charge in [-0.2, -0.15) is 0 Å². The van der Waals surface area contributed by atoms with E-state index in [1.54, 1.807) is 0 Å². The summed E-state index contributed by atoms with van der Waals surface area (Å²) >= 11 is 0. The van der Waals surface area contributed by atoms with E-state index < -0.39 is 37.0 Å². The minimum absolute atomic E-state index is 0.897. The van der Waals surface area contributed by atoms with Gasteiger partial charge in [0.15, 0.2) is 10.2 Å². The van der Waals surface area contributed by atoms with Crippen molar-refractivity contribution in [1.82, 2.24) is 10.2 Å². The van der Waals surface area contributed by atoms with E-state index in [1.807, 2.05) is 0 Å². The highest BCUT2D eigenvalue weighted by molar-refractivity contribution is 4.20. The number of hydrogen-bond acceptors (Lipinski definition) is 8. The zero-order valence-corrected chi connectivity index (χ0v) is 6.66. The topological polar surface area (TPSA) is 179 Å². The third kappa shape index (κ3) is 3.20. The summed E-state index contributed by atoms with van der Waals surface area (Å²) < 4.78 is 0. The molecule has 0 bridgehead atoms. The van der Waals surface area contributed by atoms with Gasteiger partial charge in [0.25, 0.3) is 0 Å². The van der Waals surface area contributed by atoms with E-state index in [2.05, 4.69) is 0 Å². The van der Waals surface area contributed by atoms with Gasteiger partial charge in [0.2, 0.25) is 20.1 Å². The van der Waals surface area contributed by atoms with Gasteiger partial charge in [-0.25, -0.2) is 40.5 Å². The average molecular weight is 226 g/mol. The molecule has 0 unspecified atom stereocenters. The molecule has 0 aromatic carbocycles. The summed E-state index contributed by atoms with van der Waals surface area (Å²) in [5.41, 5.74) is 0. The molecule has 0 aliphatic carbocycles. The normalized spacial score (nSPS) is 9.07. The fourth-order valence-electron chi connectivity index (χ4n) is 0.439. The van der Waals surface area contributed by atoms with E-state index in [4.69, 9.17) is 0 Å². The number of hydrogen-bond donors (Lipinski definition) is 0. The molecular formula is CH2N6O8. The Morgan fingerprint density at radius 2 is 0.867 bits per heavy atom. The predicted octanol–water partition coefficient (Wildman–Crippen LogP) is -1.69. The molecule has 0 amide bonds. The van der Waals surface area contributed by atoms with Crippen LogP contribution in [-0.4, -0.2) is 37.0 Å². The fourth-order valence-corrected chi connectivity index (χ4v) is 0.439. The molecule has 0 saturated heterocycles. The van der Waals surface area contributed by atoms with E-state index in [9.17, 15) is 40.5 Å². The van der Waals surface area contributed by atoms with Crippen molar-refractivity contribution in [2.45, 2.75) is 0 Å². The summed E-state index contributed by atoms with van der Waals surface area (Å²) in [6.07, 6.45) is 0. The van der Waals surface area contributed by atoms with E-state index in [1.165, 1.54) is 0 Å². The molecule has 0 aromatic heterocycles. The van der Waals surface area contributed by atoms with Crippen LogP contribution in [0.5, 0.6) is 0 Å². The zero-order chi connectivity index (χ0) is 12.2. The van der Waals surface area contributed by atoms with E-state index >= 15 is 0 Å². The second-order valence-electron chi connectivity index (χ2n) is 1.84. The lowest BCUT2D eigenvalue weighted by Crippen LogP contribution is -2.48. The summed E-state index contributed by atoms with van der Waals surface area (Å²) in [6.45, 7) is -1.72. The Hall–Kier alpha value is -2.80. The van der Waals surface area contributed by atoms with Crippen molar-refractivity contribution in [3.63, 3.8) is 0 Å². The molecule has 84 valence electrons. The number of hydrazine groups is 4. The lowest BCUT2D eigenvalue weighted by atomic mass is 11.1. The maximum atomic E-state index is 9.94. The van der Waals surface area contributed by atoms with Gasteiger partial charge >= 0.3 is 6.67 Å². The summed E-state index contributed by atoms with van der Waals surface area (Å²) in [6, 6.07) is 0. The minimum Gasteiger partial charge on any atom is -0.230 e. The molecule has 14 heteroatoms. The molecule has 0 spiro atoms. The Morgan fingerprint density at radius 3 is 1.00 bits per heavy atom. The van der Waals surface area contributed by atoms with Crippen molar-refractivity contribution in [3.8, 4) is 0 Å². The van der Waals surface area contributed by atoms with Gasteiger partial charge in [-0.3, -0.25) is 0 Å². The van der Waals surface area contributed by atoms with Crippen molar-refractivity contribution in [3.05, 3.63) is 40.5 Å². The Labute approximate surface area is 78.8 Å². The molecule has 0 aliphatic heterocycles. The van der Waals surface area contributed by atoms with Crippen LogP contribution in [0.1, 0.15) is 0 Å². The quantitative estimate of drug-likeness (QED) is 0.288. The Morgan fingerprint density at radius 1 is 0.667 bits per heavy atom. The molecule has 0 heterocycles. The van der Waals surface area contributed by atoms with E-state index in [-0.39, 0.29) is 0 Å². The van der Waals surface area contributed by atoms with Crippen molar-refractivity contribution in [2.24, 2.45) is 0 Å². The molecular weight excluding hydrogens is 224 g/mol. The fraction of sp³-hybridized carbons (Fsp3) is 1.00. The summed E-state index contributed by atoms with van der Waals surface area (Å²) in [5, 5.41) is 31.5. The van der Waals surface area contributed by atoms with Crippen LogP contribution in [0.25, 0.3) is 0 Å². The van der Waals surface area contributed by atoms with Crippen LogP contribution >= 0.6 is 0 Å². The lowest BCUT2D eigenvalue weighted by molar-refractivity contribution is -0.966. The molecule has 0 radical (unpaired) electrons. The van der Waals surface area contributed by atoms with Gasteiger partial charge in [-0.15, -0.1) is 0 Å². The maximum absolute atomic E-state index is 9.94. The van der Waals surface area contributed by atoms with Gasteiger partial charge in [-0.05, 0) is 0 Å². The summed E-state index contributed by atoms with van der Waals surface area (Å²) in [5.74, 6) is 0. The number of nitrogens with zero attached hydrogens (tertiary/aromatic N) is 6. The highest BCUT2D eigenvalue weighted by Crippen LogP contribution is 1.95. The SMILES string of the molecule is O=[N+]([O-])N(CN([N+](=O)[O-])[N+](=O)[O-])[N+](=O)[O-]. The van der Waals surface area contributed by atoms with E-state index in [0.717, 1.165) is 0 Å². The molecule has 0 atom stereocenters. The van der Waals surface area contributed by atoms with Crippen LogP contribution in [0.4, 0.5) is 0 Å². The van der Waals surface area contributed by atoms with Gasteiger partial charge in [0.05, 0.1) is 0 Å².